The number of rotatable bonds is 3. The van der Waals surface area contributed by atoms with Crippen LogP contribution in [0.2, 0.25) is 0 Å². The summed E-state index contributed by atoms with van der Waals surface area (Å²) in [6, 6.07) is 0.274. The fourth-order valence-electron chi connectivity index (χ4n) is 3.80. The van der Waals surface area contributed by atoms with E-state index in [4.69, 9.17) is 4.52 Å². The van der Waals surface area contributed by atoms with Crippen LogP contribution in [0.25, 0.3) is 0 Å². The molecule has 0 unspecified atom stereocenters. The number of aliphatic hydroxyl groups is 1. The van der Waals surface area contributed by atoms with Gasteiger partial charge in [-0.2, -0.15) is 0 Å². The zero-order valence-electron chi connectivity index (χ0n) is 14.3. The maximum atomic E-state index is 12.9. The summed E-state index contributed by atoms with van der Waals surface area (Å²) in [5.74, 6) is 0.852. The van der Waals surface area contributed by atoms with Crippen LogP contribution in [-0.2, 0) is 0 Å². The smallest absolute Gasteiger partial charge is 0.259 e. The Hall–Kier alpha value is -1.40. The first-order valence-corrected chi connectivity index (χ1v) is 8.66. The third-order valence-electron chi connectivity index (χ3n) is 5.14. The van der Waals surface area contributed by atoms with Gasteiger partial charge in [-0.15, -0.1) is 0 Å². The van der Waals surface area contributed by atoms with Crippen LogP contribution in [0.4, 0.5) is 0 Å². The molecule has 2 aliphatic rings. The molecular weight excluding hydrogens is 294 g/mol. The van der Waals surface area contributed by atoms with Gasteiger partial charge >= 0.3 is 0 Å². The van der Waals surface area contributed by atoms with E-state index in [2.05, 4.69) is 10.1 Å². The van der Waals surface area contributed by atoms with E-state index in [1.54, 1.807) is 0 Å². The summed E-state index contributed by atoms with van der Waals surface area (Å²) in [5, 5.41) is 14.0. The summed E-state index contributed by atoms with van der Waals surface area (Å²) in [7, 11) is 0. The van der Waals surface area contributed by atoms with Crippen molar-refractivity contribution in [3.8, 4) is 0 Å². The van der Waals surface area contributed by atoms with E-state index in [9.17, 15) is 9.90 Å². The second-order valence-electron chi connectivity index (χ2n) is 7.06. The first-order chi connectivity index (χ1) is 11.0. The first-order valence-electron chi connectivity index (χ1n) is 8.66. The van der Waals surface area contributed by atoms with E-state index in [-0.39, 0.29) is 24.0 Å². The number of aryl methyl sites for hydroxylation is 1. The zero-order valence-corrected chi connectivity index (χ0v) is 14.3. The normalized spacial score (nSPS) is 26.2. The maximum Gasteiger partial charge on any atom is 0.259 e. The molecule has 0 spiro atoms. The molecule has 6 heteroatoms. The number of aliphatic hydroxyl groups excluding tert-OH is 1. The minimum atomic E-state index is -0.204. The van der Waals surface area contributed by atoms with Crippen molar-refractivity contribution < 1.29 is 14.4 Å². The average Bonchev–Trinajstić information content (AvgIpc) is 3.12. The van der Waals surface area contributed by atoms with E-state index < -0.39 is 0 Å². The summed E-state index contributed by atoms with van der Waals surface area (Å²) in [5.41, 5.74) is 1.31. The van der Waals surface area contributed by atoms with Crippen LogP contribution < -0.4 is 0 Å². The van der Waals surface area contributed by atoms with Gasteiger partial charge in [0.05, 0.1) is 11.8 Å². The fraction of sp³-hybridized carbons (Fsp3) is 0.765. The van der Waals surface area contributed by atoms with Crippen LogP contribution in [0.5, 0.6) is 0 Å². The third-order valence-corrected chi connectivity index (χ3v) is 5.14. The number of piperazine rings is 1. The van der Waals surface area contributed by atoms with Crippen LogP contribution in [0.1, 0.15) is 60.8 Å². The lowest BCUT2D eigenvalue weighted by Crippen LogP contribution is -2.53. The van der Waals surface area contributed by atoms with Gasteiger partial charge in [-0.05, 0) is 26.2 Å². The average molecular weight is 321 g/mol. The van der Waals surface area contributed by atoms with Crippen LogP contribution in [0.3, 0.4) is 0 Å². The quantitative estimate of drug-likeness (QED) is 0.919. The number of nitrogens with zero attached hydrogens (tertiary/aromatic N) is 3. The minimum absolute atomic E-state index is 0.0269. The predicted molar refractivity (Wildman–Crippen MR) is 86.5 cm³/mol. The predicted octanol–water partition coefficient (Wildman–Crippen LogP) is 1.78. The second kappa shape index (κ2) is 6.61. The Morgan fingerprint density at radius 2 is 1.96 bits per heavy atom. The molecule has 1 aliphatic carbocycles. The van der Waals surface area contributed by atoms with Crippen molar-refractivity contribution in [1.29, 1.82) is 0 Å². The van der Waals surface area contributed by atoms with Gasteiger partial charge in [0, 0.05) is 38.1 Å². The summed E-state index contributed by atoms with van der Waals surface area (Å²) < 4.78 is 5.34. The highest BCUT2D eigenvalue weighted by molar-refractivity contribution is 5.96. The summed E-state index contributed by atoms with van der Waals surface area (Å²) in [4.78, 5) is 17.1. The molecule has 1 aromatic rings. The van der Waals surface area contributed by atoms with Crippen molar-refractivity contribution in [2.45, 2.75) is 58.1 Å². The summed E-state index contributed by atoms with van der Waals surface area (Å²) in [6.45, 7) is 8.90. The standard InChI is InChI=1S/C17H27N3O3/c1-11(2)16-15(12(3)18-23-16)17(22)20-9-7-19(8-10-20)13-5-4-6-14(13)21/h11,13-14,21H,4-10H2,1-3H3/t13-,14+/m1/s1. The molecule has 1 amide bonds. The van der Waals surface area contributed by atoms with Crippen LogP contribution in [0, 0.1) is 6.92 Å². The second-order valence-corrected chi connectivity index (χ2v) is 7.06. The molecule has 1 saturated heterocycles. The fourth-order valence-corrected chi connectivity index (χ4v) is 3.80. The molecule has 2 atom stereocenters. The Labute approximate surface area is 137 Å². The highest BCUT2D eigenvalue weighted by Crippen LogP contribution is 2.27. The Bertz CT molecular complexity index is 561. The lowest BCUT2D eigenvalue weighted by Gasteiger charge is -2.39. The van der Waals surface area contributed by atoms with Crippen molar-refractivity contribution in [3.05, 3.63) is 17.0 Å². The number of amides is 1. The molecule has 128 valence electrons. The van der Waals surface area contributed by atoms with Gasteiger partial charge in [0.25, 0.3) is 5.91 Å². The number of hydrogen-bond donors (Lipinski definition) is 1. The van der Waals surface area contributed by atoms with Crippen molar-refractivity contribution >= 4 is 5.91 Å². The molecule has 1 N–H and O–H groups in total. The molecule has 2 fully saturated rings. The molecule has 2 heterocycles. The molecule has 1 aliphatic heterocycles. The number of hydrogen-bond acceptors (Lipinski definition) is 5. The van der Waals surface area contributed by atoms with E-state index in [1.165, 1.54) is 0 Å². The Balaban J connectivity index is 1.66. The maximum absolute atomic E-state index is 12.9. The van der Waals surface area contributed by atoms with E-state index in [1.807, 2.05) is 25.7 Å². The highest BCUT2D eigenvalue weighted by Gasteiger charge is 2.34. The third kappa shape index (κ3) is 3.15. The van der Waals surface area contributed by atoms with Crippen LogP contribution in [-0.4, -0.2) is 64.3 Å². The molecule has 6 nitrogen and oxygen atoms in total. The molecule has 0 bridgehead atoms. The molecule has 0 radical (unpaired) electrons. The van der Waals surface area contributed by atoms with Crippen molar-refractivity contribution in [1.82, 2.24) is 15.0 Å². The van der Waals surface area contributed by atoms with Gasteiger partial charge in [-0.3, -0.25) is 9.69 Å². The van der Waals surface area contributed by atoms with Crippen molar-refractivity contribution in [3.63, 3.8) is 0 Å². The molecule has 1 aromatic heterocycles. The lowest BCUT2D eigenvalue weighted by atomic mass is 10.0. The highest BCUT2D eigenvalue weighted by atomic mass is 16.5. The van der Waals surface area contributed by atoms with E-state index >= 15 is 0 Å². The lowest BCUT2D eigenvalue weighted by molar-refractivity contribution is 0.0314. The van der Waals surface area contributed by atoms with Gasteiger partial charge in [-0.25, -0.2) is 0 Å². The topological polar surface area (TPSA) is 69.8 Å². The van der Waals surface area contributed by atoms with E-state index in [0.717, 1.165) is 32.4 Å². The van der Waals surface area contributed by atoms with Crippen LogP contribution in [0.15, 0.2) is 4.52 Å². The Morgan fingerprint density at radius 1 is 1.26 bits per heavy atom. The molecule has 0 aromatic carbocycles. The van der Waals surface area contributed by atoms with E-state index in [0.29, 0.717) is 30.1 Å². The van der Waals surface area contributed by atoms with Crippen LogP contribution >= 0.6 is 0 Å². The SMILES string of the molecule is Cc1noc(C(C)C)c1C(=O)N1CCN([C@@H]2CCC[C@@H]2O)CC1. The molecule has 3 rings (SSSR count). The first kappa shape index (κ1) is 16.5. The van der Waals surface area contributed by atoms with Gasteiger partial charge in [0.1, 0.15) is 5.56 Å². The molecule has 23 heavy (non-hydrogen) atoms. The monoisotopic (exact) mass is 321 g/mol. The van der Waals surface area contributed by atoms with Gasteiger partial charge < -0.3 is 14.5 Å². The van der Waals surface area contributed by atoms with Crippen molar-refractivity contribution in [2.75, 3.05) is 26.2 Å². The van der Waals surface area contributed by atoms with Gasteiger partial charge in [0.15, 0.2) is 5.76 Å². The largest absolute Gasteiger partial charge is 0.391 e. The summed E-state index contributed by atoms with van der Waals surface area (Å²) in [6.07, 6.45) is 2.87. The molecular formula is C17H27N3O3. The number of carbonyl (C=O) groups excluding carboxylic acids is 1. The van der Waals surface area contributed by atoms with Crippen molar-refractivity contribution in [2.24, 2.45) is 0 Å². The summed E-state index contributed by atoms with van der Waals surface area (Å²) >= 11 is 0. The van der Waals surface area contributed by atoms with Gasteiger partial charge in [0.2, 0.25) is 0 Å². The Morgan fingerprint density at radius 3 is 2.52 bits per heavy atom. The number of carbonyl (C=O) groups is 1. The minimum Gasteiger partial charge on any atom is -0.391 e. The number of aromatic nitrogens is 1. The zero-order chi connectivity index (χ0) is 16.6. The Kier molecular flexibility index (Phi) is 4.73. The van der Waals surface area contributed by atoms with Gasteiger partial charge in [-0.1, -0.05) is 19.0 Å². The molecule has 1 saturated carbocycles.